The first-order valence-electron chi connectivity index (χ1n) is 13.6. The molecule has 0 radical (unpaired) electrons. The van der Waals surface area contributed by atoms with Crippen LogP contribution in [-0.4, -0.2) is 116 Å². The first kappa shape index (κ1) is 29.7. The molecule has 2 amide bonds. The van der Waals surface area contributed by atoms with Crippen LogP contribution in [0.5, 0.6) is 11.5 Å². The van der Waals surface area contributed by atoms with Crippen LogP contribution < -0.4 is 9.47 Å². The van der Waals surface area contributed by atoms with Gasteiger partial charge in [-0.15, -0.1) is 0 Å². The molecule has 1 fully saturated rings. The maximum absolute atomic E-state index is 13.6. The predicted molar refractivity (Wildman–Crippen MR) is 144 cm³/mol. The van der Waals surface area contributed by atoms with E-state index < -0.39 is 11.9 Å². The molecule has 2 heterocycles. The molecule has 1 unspecified atom stereocenters. The standard InChI is InChI=1S/C28H44N4O6/c1-6-7-13-31(14-8-12-29(3)4)26(34)18-32-17-22(21-9-10-24-25(16-21)38-19-37-24)27(28(35)36)23(32)11-15-30(5)20(2)33/h9-10,16,22-23,27H,6-8,11-15,17-19H2,1-5H3,(H,35,36)/t22-,23+,27?/m1/s1. The van der Waals surface area contributed by atoms with Gasteiger partial charge in [-0.1, -0.05) is 19.4 Å². The Morgan fingerprint density at radius 2 is 1.74 bits per heavy atom. The van der Waals surface area contributed by atoms with E-state index in [9.17, 15) is 19.5 Å². The van der Waals surface area contributed by atoms with Crippen LogP contribution in [0.4, 0.5) is 0 Å². The molecule has 212 valence electrons. The van der Waals surface area contributed by atoms with Crippen LogP contribution in [0.3, 0.4) is 0 Å². The van der Waals surface area contributed by atoms with Gasteiger partial charge in [0.25, 0.3) is 0 Å². The van der Waals surface area contributed by atoms with Crippen LogP contribution in [0.2, 0.25) is 0 Å². The molecule has 10 heteroatoms. The highest BCUT2D eigenvalue weighted by Gasteiger charge is 2.47. The van der Waals surface area contributed by atoms with Crippen LogP contribution in [-0.2, 0) is 14.4 Å². The van der Waals surface area contributed by atoms with E-state index in [4.69, 9.17) is 9.47 Å². The molecule has 0 aliphatic carbocycles. The summed E-state index contributed by atoms with van der Waals surface area (Å²) in [6, 6.07) is 5.19. The molecule has 0 spiro atoms. The van der Waals surface area contributed by atoms with Crippen LogP contribution in [0.1, 0.15) is 51.0 Å². The van der Waals surface area contributed by atoms with Crippen molar-refractivity contribution in [3.8, 4) is 11.5 Å². The number of carbonyl (C=O) groups excluding carboxylic acids is 2. The first-order valence-corrected chi connectivity index (χ1v) is 13.6. The number of rotatable bonds is 14. The van der Waals surface area contributed by atoms with Gasteiger partial charge in [-0.3, -0.25) is 19.3 Å². The maximum Gasteiger partial charge on any atom is 0.308 e. The Kier molecular flexibility index (Phi) is 10.8. The van der Waals surface area contributed by atoms with Gasteiger partial charge >= 0.3 is 5.97 Å². The summed E-state index contributed by atoms with van der Waals surface area (Å²) in [5.41, 5.74) is 0.857. The fourth-order valence-electron chi connectivity index (χ4n) is 5.38. The molecular formula is C28H44N4O6. The number of hydrogen-bond acceptors (Lipinski definition) is 7. The lowest BCUT2D eigenvalue weighted by Crippen LogP contribution is -2.46. The molecule has 10 nitrogen and oxygen atoms in total. The summed E-state index contributed by atoms with van der Waals surface area (Å²) >= 11 is 0. The van der Waals surface area contributed by atoms with Gasteiger partial charge in [0, 0.05) is 52.1 Å². The second-order valence-corrected chi connectivity index (χ2v) is 10.7. The molecule has 0 aromatic heterocycles. The van der Waals surface area contributed by atoms with Crippen LogP contribution in [0.15, 0.2) is 18.2 Å². The van der Waals surface area contributed by atoms with Crippen molar-refractivity contribution in [3.05, 3.63) is 23.8 Å². The number of ether oxygens (including phenoxy) is 2. The zero-order chi connectivity index (χ0) is 27.8. The van der Waals surface area contributed by atoms with Gasteiger partial charge in [0.05, 0.1) is 12.5 Å². The minimum absolute atomic E-state index is 0.0256. The molecule has 1 aromatic rings. The molecule has 3 atom stereocenters. The number of carboxylic acids is 1. The molecule has 0 saturated carbocycles. The summed E-state index contributed by atoms with van der Waals surface area (Å²) in [7, 11) is 5.76. The Labute approximate surface area is 226 Å². The summed E-state index contributed by atoms with van der Waals surface area (Å²) in [5.74, 6) is -0.724. The van der Waals surface area contributed by atoms with Gasteiger partial charge < -0.3 is 29.3 Å². The van der Waals surface area contributed by atoms with Crippen molar-refractivity contribution in [2.24, 2.45) is 5.92 Å². The summed E-state index contributed by atoms with van der Waals surface area (Å²) in [5, 5.41) is 10.4. The van der Waals surface area contributed by atoms with E-state index in [1.165, 1.54) is 6.92 Å². The van der Waals surface area contributed by atoms with Crippen LogP contribution in [0.25, 0.3) is 0 Å². The van der Waals surface area contributed by atoms with E-state index in [1.807, 2.05) is 42.1 Å². The fourth-order valence-corrected chi connectivity index (χ4v) is 5.38. The third-order valence-corrected chi connectivity index (χ3v) is 7.66. The average molecular weight is 533 g/mol. The highest BCUT2D eigenvalue weighted by molar-refractivity contribution is 5.79. The van der Waals surface area contributed by atoms with Crippen molar-refractivity contribution in [1.82, 2.24) is 19.6 Å². The Morgan fingerprint density at radius 1 is 1.03 bits per heavy atom. The van der Waals surface area contributed by atoms with Gasteiger partial charge in [-0.05, 0) is 57.6 Å². The number of fused-ring (bicyclic) bond motifs is 1. The van der Waals surface area contributed by atoms with Crippen molar-refractivity contribution in [3.63, 3.8) is 0 Å². The minimum Gasteiger partial charge on any atom is -0.481 e. The number of benzene rings is 1. The summed E-state index contributed by atoms with van der Waals surface area (Å²) in [6.07, 6.45) is 3.27. The van der Waals surface area contributed by atoms with Crippen LogP contribution >= 0.6 is 0 Å². The lowest BCUT2D eigenvalue weighted by molar-refractivity contribution is -0.144. The van der Waals surface area contributed by atoms with E-state index in [0.29, 0.717) is 44.1 Å². The summed E-state index contributed by atoms with van der Waals surface area (Å²) < 4.78 is 11.0. The monoisotopic (exact) mass is 532 g/mol. The van der Waals surface area contributed by atoms with E-state index in [0.717, 1.165) is 31.4 Å². The van der Waals surface area contributed by atoms with E-state index >= 15 is 0 Å². The van der Waals surface area contributed by atoms with Gasteiger partial charge in [0.1, 0.15) is 0 Å². The molecule has 1 aromatic carbocycles. The van der Waals surface area contributed by atoms with Crippen molar-refractivity contribution >= 4 is 17.8 Å². The number of unbranched alkanes of at least 4 members (excludes halogenated alkanes) is 1. The predicted octanol–water partition coefficient (Wildman–Crippen LogP) is 2.33. The number of nitrogens with zero attached hydrogens (tertiary/aromatic N) is 4. The number of likely N-dealkylation sites (tertiary alicyclic amines) is 1. The smallest absolute Gasteiger partial charge is 0.308 e. The highest BCUT2D eigenvalue weighted by atomic mass is 16.7. The lowest BCUT2D eigenvalue weighted by Gasteiger charge is -2.31. The third kappa shape index (κ3) is 7.60. The number of carbonyl (C=O) groups is 3. The second-order valence-electron chi connectivity index (χ2n) is 10.7. The zero-order valence-electron chi connectivity index (χ0n) is 23.5. The molecule has 2 aliphatic heterocycles. The lowest BCUT2D eigenvalue weighted by atomic mass is 9.84. The Morgan fingerprint density at radius 3 is 2.39 bits per heavy atom. The third-order valence-electron chi connectivity index (χ3n) is 7.66. The topological polar surface area (TPSA) is 103 Å². The number of aliphatic carboxylic acids is 1. The molecular weight excluding hydrogens is 488 g/mol. The number of carboxylic acid groups (broad SMARTS) is 1. The van der Waals surface area contributed by atoms with Crippen molar-refractivity contribution in [2.75, 3.05) is 67.2 Å². The van der Waals surface area contributed by atoms with E-state index in [1.54, 1.807) is 11.9 Å². The summed E-state index contributed by atoms with van der Waals surface area (Å²) in [6.45, 7) is 7.04. The molecule has 3 rings (SSSR count). The number of amides is 2. The molecule has 1 saturated heterocycles. The van der Waals surface area contributed by atoms with Gasteiger partial charge in [-0.2, -0.15) is 0 Å². The Balaban J connectivity index is 1.84. The maximum atomic E-state index is 13.6. The zero-order valence-corrected chi connectivity index (χ0v) is 23.5. The quantitative estimate of drug-likeness (QED) is 0.390. The normalized spacial score (nSPS) is 20.6. The van der Waals surface area contributed by atoms with Gasteiger partial charge in [-0.25, -0.2) is 0 Å². The molecule has 2 aliphatic rings. The van der Waals surface area contributed by atoms with Crippen molar-refractivity contribution < 1.29 is 29.0 Å². The SMILES string of the molecule is CCCCN(CCCN(C)C)C(=O)CN1C[C@H](c2ccc3c(c2)OCO3)C(C(=O)O)[C@@H]1CCN(C)C(C)=O. The fraction of sp³-hybridized carbons (Fsp3) is 0.679. The molecule has 38 heavy (non-hydrogen) atoms. The Hall–Kier alpha value is -2.85. The van der Waals surface area contributed by atoms with E-state index in [-0.39, 0.29) is 37.1 Å². The largest absolute Gasteiger partial charge is 0.481 e. The second kappa shape index (κ2) is 13.8. The van der Waals surface area contributed by atoms with Gasteiger partial charge in [0.15, 0.2) is 11.5 Å². The number of hydrogen-bond donors (Lipinski definition) is 1. The minimum atomic E-state index is -0.896. The van der Waals surface area contributed by atoms with Gasteiger partial charge in [0.2, 0.25) is 18.6 Å². The Bertz CT molecular complexity index is 971. The average Bonchev–Trinajstić information content (AvgIpc) is 3.48. The molecule has 0 bridgehead atoms. The van der Waals surface area contributed by atoms with Crippen molar-refractivity contribution in [1.29, 1.82) is 0 Å². The first-order chi connectivity index (χ1) is 18.1. The highest BCUT2D eigenvalue weighted by Crippen LogP contribution is 2.42. The van der Waals surface area contributed by atoms with E-state index in [2.05, 4.69) is 11.8 Å². The van der Waals surface area contributed by atoms with Crippen LogP contribution in [0, 0.1) is 5.92 Å². The summed E-state index contributed by atoms with van der Waals surface area (Å²) in [4.78, 5) is 45.7. The molecule has 1 N–H and O–H groups in total. The van der Waals surface area contributed by atoms with Crippen molar-refractivity contribution in [2.45, 2.75) is 51.5 Å².